The molecule has 3 nitrogen and oxygen atoms in total. The summed E-state index contributed by atoms with van der Waals surface area (Å²) in [7, 11) is 0. The summed E-state index contributed by atoms with van der Waals surface area (Å²) in [6, 6.07) is 0. The van der Waals surface area contributed by atoms with Crippen molar-refractivity contribution in [1.29, 1.82) is 0 Å². The summed E-state index contributed by atoms with van der Waals surface area (Å²) in [6.07, 6.45) is 8.09. The average Bonchev–Trinajstić information content (AvgIpc) is 2.18. The Labute approximate surface area is 76.7 Å². The van der Waals surface area contributed by atoms with Crippen molar-refractivity contribution in [1.82, 2.24) is 0 Å². The van der Waals surface area contributed by atoms with Crippen molar-refractivity contribution in [2.75, 3.05) is 6.61 Å². The van der Waals surface area contributed by atoms with E-state index >= 15 is 0 Å². The molecule has 1 aliphatic carbocycles. The summed E-state index contributed by atoms with van der Waals surface area (Å²) in [5.74, 6) is -0.132. The van der Waals surface area contributed by atoms with Gasteiger partial charge in [-0.2, -0.15) is 0 Å². The Bertz CT molecular complexity index is 267. The Morgan fingerprint density at radius 2 is 2.23 bits per heavy atom. The average molecular weight is 180 g/mol. The first-order valence-electron chi connectivity index (χ1n) is 4.47. The second-order valence-corrected chi connectivity index (χ2v) is 3.44. The summed E-state index contributed by atoms with van der Waals surface area (Å²) < 4.78 is 5.03. The molecule has 0 saturated carbocycles. The first-order chi connectivity index (χ1) is 6.31. The summed E-state index contributed by atoms with van der Waals surface area (Å²) >= 11 is 0. The van der Waals surface area contributed by atoms with Gasteiger partial charge in [0.15, 0.2) is 0 Å². The number of aliphatic hydroxyl groups excluding tert-OH is 1. The molecular formula is C10H12O3. The molecule has 3 heteroatoms. The molecule has 0 amide bonds. The van der Waals surface area contributed by atoms with E-state index in [1.807, 2.05) is 24.3 Å². The van der Waals surface area contributed by atoms with Crippen LogP contribution in [0.25, 0.3) is 0 Å². The molecule has 1 fully saturated rings. The van der Waals surface area contributed by atoms with Crippen LogP contribution in [0.15, 0.2) is 24.3 Å². The van der Waals surface area contributed by atoms with Crippen LogP contribution in [0.4, 0.5) is 0 Å². The second-order valence-electron chi connectivity index (χ2n) is 3.44. The zero-order valence-corrected chi connectivity index (χ0v) is 7.22. The SMILES string of the molecule is O=C1OC(CO)CC2C=CC=CC12. The highest BCUT2D eigenvalue weighted by molar-refractivity contribution is 5.76. The van der Waals surface area contributed by atoms with Gasteiger partial charge in [-0.1, -0.05) is 24.3 Å². The number of fused-ring (bicyclic) bond motifs is 1. The van der Waals surface area contributed by atoms with Gasteiger partial charge in [-0.15, -0.1) is 0 Å². The highest BCUT2D eigenvalue weighted by Crippen LogP contribution is 2.30. The number of carbonyl (C=O) groups is 1. The van der Waals surface area contributed by atoms with Crippen molar-refractivity contribution < 1.29 is 14.6 Å². The fourth-order valence-corrected chi connectivity index (χ4v) is 1.84. The molecule has 3 unspecified atom stereocenters. The van der Waals surface area contributed by atoms with E-state index in [1.165, 1.54) is 0 Å². The largest absolute Gasteiger partial charge is 0.459 e. The van der Waals surface area contributed by atoms with E-state index in [2.05, 4.69) is 0 Å². The van der Waals surface area contributed by atoms with E-state index in [0.29, 0.717) is 0 Å². The lowest BCUT2D eigenvalue weighted by atomic mass is 9.82. The van der Waals surface area contributed by atoms with E-state index in [4.69, 9.17) is 9.84 Å². The van der Waals surface area contributed by atoms with Crippen LogP contribution in [0, 0.1) is 11.8 Å². The molecule has 70 valence electrons. The minimum absolute atomic E-state index is 0.0769. The van der Waals surface area contributed by atoms with Crippen LogP contribution in [0.2, 0.25) is 0 Å². The topological polar surface area (TPSA) is 46.5 Å². The number of hydrogen-bond donors (Lipinski definition) is 1. The van der Waals surface area contributed by atoms with Gasteiger partial charge in [-0.25, -0.2) is 0 Å². The van der Waals surface area contributed by atoms with Gasteiger partial charge in [0.2, 0.25) is 0 Å². The molecule has 0 bridgehead atoms. The lowest BCUT2D eigenvalue weighted by Gasteiger charge is -2.32. The van der Waals surface area contributed by atoms with E-state index in [-0.39, 0.29) is 30.5 Å². The maximum atomic E-state index is 11.4. The Balaban J connectivity index is 2.14. The third-order valence-corrected chi connectivity index (χ3v) is 2.54. The van der Waals surface area contributed by atoms with Crippen LogP contribution in [-0.4, -0.2) is 23.8 Å². The van der Waals surface area contributed by atoms with Gasteiger partial charge < -0.3 is 9.84 Å². The fourth-order valence-electron chi connectivity index (χ4n) is 1.84. The molecule has 0 aromatic rings. The van der Waals surface area contributed by atoms with Crippen LogP contribution >= 0.6 is 0 Å². The highest BCUT2D eigenvalue weighted by atomic mass is 16.6. The molecule has 1 N–H and O–H groups in total. The zero-order valence-electron chi connectivity index (χ0n) is 7.22. The molecule has 2 rings (SSSR count). The third kappa shape index (κ3) is 1.52. The lowest BCUT2D eigenvalue weighted by molar-refractivity contribution is -0.163. The fraction of sp³-hybridized carbons (Fsp3) is 0.500. The molecule has 1 heterocycles. The van der Waals surface area contributed by atoms with Crippen LogP contribution in [-0.2, 0) is 9.53 Å². The molecule has 0 radical (unpaired) electrons. The number of aliphatic hydroxyl groups is 1. The van der Waals surface area contributed by atoms with Crippen LogP contribution in [0.1, 0.15) is 6.42 Å². The monoisotopic (exact) mass is 180 g/mol. The number of cyclic esters (lactones) is 1. The third-order valence-electron chi connectivity index (χ3n) is 2.54. The van der Waals surface area contributed by atoms with E-state index < -0.39 is 0 Å². The van der Waals surface area contributed by atoms with E-state index in [9.17, 15) is 4.79 Å². The Morgan fingerprint density at radius 3 is 3.00 bits per heavy atom. The molecule has 2 aliphatic rings. The van der Waals surface area contributed by atoms with Crippen molar-refractivity contribution in [2.24, 2.45) is 11.8 Å². The van der Waals surface area contributed by atoms with Crippen molar-refractivity contribution in [3.05, 3.63) is 24.3 Å². The zero-order chi connectivity index (χ0) is 9.26. The molecular weight excluding hydrogens is 168 g/mol. The van der Waals surface area contributed by atoms with Crippen LogP contribution in [0.5, 0.6) is 0 Å². The maximum absolute atomic E-state index is 11.4. The Morgan fingerprint density at radius 1 is 1.46 bits per heavy atom. The molecule has 3 atom stereocenters. The summed E-state index contributed by atoms with van der Waals surface area (Å²) in [6.45, 7) is -0.0769. The van der Waals surface area contributed by atoms with Crippen LogP contribution in [0.3, 0.4) is 0 Å². The minimum Gasteiger partial charge on any atom is -0.459 e. The van der Waals surface area contributed by atoms with Gasteiger partial charge in [0.1, 0.15) is 6.10 Å². The van der Waals surface area contributed by atoms with Gasteiger partial charge >= 0.3 is 5.97 Å². The standard InChI is InChI=1S/C10H12O3/c11-6-8-5-7-3-1-2-4-9(7)10(12)13-8/h1-4,7-9,11H,5-6H2. The smallest absolute Gasteiger partial charge is 0.313 e. The molecule has 1 saturated heterocycles. The van der Waals surface area contributed by atoms with Crippen molar-refractivity contribution >= 4 is 5.97 Å². The normalized spacial score (nSPS) is 37.0. The Hall–Kier alpha value is -1.09. The van der Waals surface area contributed by atoms with Gasteiger partial charge in [0.25, 0.3) is 0 Å². The first-order valence-corrected chi connectivity index (χ1v) is 4.47. The predicted molar refractivity (Wildman–Crippen MR) is 46.8 cm³/mol. The lowest BCUT2D eigenvalue weighted by Crippen LogP contribution is -2.38. The van der Waals surface area contributed by atoms with E-state index in [1.54, 1.807) is 0 Å². The number of ether oxygens (including phenoxy) is 1. The quantitative estimate of drug-likeness (QED) is 0.603. The number of rotatable bonds is 1. The summed E-state index contributed by atoms with van der Waals surface area (Å²) in [5, 5.41) is 8.88. The number of allylic oxidation sites excluding steroid dienone is 3. The summed E-state index contributed by atoms with van der Waals surface area (Å²) in [4.78, 5) is 11.4. The highest BCUT2D eigenvalue weighted by Gasteiger charge is 2.35. The first kappa shape index (κ1) is 8.51. The van der Waals surface area contributed by atoms with Crippen molar-refractivity contribution in [2.45, 2.75) is 12.5 Å². The van der Waals surface area contributed by atoms with Gasteiger partial charge in [-0.3, -0.25) is 4.79 Å². The Kier molecular flexibility index (Phi) is 2.19. The van der Waals surface area contributed by atoms with E-state index in [0.717, 1.165) is 6.42 Å². The van der Waals surface area contributed by atoms with Crippen molar-refractivity contribution in [3.8, 4) is 0 Å². The molecule has 0 aromatic heterocycles. The summed E-state index contributed by atoms with van der Waals surface area (Å²) in [5.41, 5.74) is 0. The maximum Gasteiger partial charge on any atom is 0.313 e. The van der Waals surface area contributed by atoms with Gasteiger partial charge in [0, 0.05) is 0 Å². The molecule has 0 spiro atoms. The van der Waals surface area contributed by atoms with Crippen LogP contribution < -0.4 is 0 Å². The predicted octanol–water partition coefficient (Wildman–Crippen LogP) is 0.653. The minimum atomic E-state index is -0.315. The molecule has 0 aromatic carbocycles. The van der Waals surface area contributed by atoms with Gasteiger partial charge in [0.05, 0.1) is 12.5 Å². The molecule has 1 aliphatic heterocycles. The van der Waals surface area contributed by atoms with Crippen molar-refractivity contribution in [3.63, 3.8) is 0 Å². The molecule has 13 heavy (non-hydrogen) atoms. The number of esters is 1. The number of hydrogen-bond acceptors (Lipinski definition) is 3. The second kappa shape index (κ2) is 3.34. The van der Waals surface area contributed by atoms with Gasteiger partial charge in [-0.05, 0) is 12.3 Å². The number of carbonyl (C=O) groups excluding carboxylic acids is 1.